The molecule has 0 bridgehead atoms. The molecule has 0 aliphatic rings. The summed E-state index contributed by atoms with van der Waals surface area (Å²) in [7, 11) is 1.59. The number of hydrogen-bond donors (Lipinski definition) is 1. The Morgan fingerprint density at radius 1 is 1.00 bits per heavy atom. The summed E-state index contributed by atoms with van der Waals surface area (Å²) in [6, 6.07) is 6.45. The van der Waals surface area contributed by atoms with Gasteiger partial charge in [-0.2, -0.15) is 0 Å². The van der Waals surface area contributed by atoms with Crippen molar-refractivity contribution in [3.05, 3.63) is 47.0 Å². The lowest BCUT2D eigenvalue weighted by Crippen LogP contribution is -1.82. The Morgan fingerprint density at radius 2 is 1.59 bits per heavy atom. The molecule has 0 amide bonds. The first-order chi connectivity index (χ1) is 8.11. The van der Waals surface area contributed by atoms with Crippen molar-refractivity contribution in [3.63, 3.8) is 0 Å². The molecule has 90 valence electrons. The molecule has 2 rings (SSSR count). The van der Waals surface area contributed by atoms with Crippen LogP contribution in [0.25, 0.3) is 0 Å². The Kier molecular flexibility index (Phi) is 5.52. The van der Waals surface area contributed by atoms with E-state index in [4.69, 9.17) is 33.0 Å². The van der Waals surface area contributed by atoms with E-state index in [1.165, 1.54) is 18.3 Å². The highest BCUT2D eigenvalue weighted by Gasteiger charge is 1.88. The number of halogens is 2. The normalized spacial score (nSPS) is 9.12. The van der Waals surface area contributed by atoms with Gasteiger partial charge in [0.1, 0.15) is 21.8 Å². The van der Waals surface area contributed by atoms with Crippen LogP contribution >= 0.6 is 23.2 Å². The maximum Gasteiger partial charge on any atom is 0.137 e. The molecule has 2 heterocycles. The number of hydrogen-bond acceptors (Lipinski definition) is 4. The molecule has 0 aromatic carbocycles. The molecule has 0 aliphatic carbocycles. The minimum Gasteiger partial charge on any atom is -0.506 e. The maximum atomic E-state index is 8.64. The third-order valence-corrected chi connectivity index (χ3v) is 2.09. The molecule has 2 aromatic rings. The largest absolute Gasteiger partial charge is 0.506 e. The van der Waals surface area contributed by atoms with E-state index in [0.717, 1.165) is 5.75 Å². The summed E-state index contributed by atoms with van der Waals surface area (Å²) in [4.78, 5) is 7.38. The second kappa shape index (κ2) is 6.93. The molecule has 1 N–H and O–H groups in total. The zero-order chi connectivity index (χ0) is 12.7. The fourth-order valence-electron chi connectivity index (χ4n) is 0.851. The quantitative estimate of drug-likeness (QED) is 0.811. The molecule has 0 aliphatic heterocycles. The van der Waals surface area contributed by atoms with Crippen molar-refractivity contribution in [2.75, 3.05) is 7.11 Å². The topological polar surface area (TPSA) is 55.2 Å². The van der Waals surface area contributed by atoms with E-state index in [9.17, 15) is 0 Å². The Bertz CT molecular complexity index is 425. The van der Waals surface area contributed by atoms with Crippen molar-refractivity contribution in [2.45, 2.75) is 0 Å². The lowest BCUT2D eigenvalue weighted by Gasteiger charge is -1.95. The average Bonchev–Trinajstić information content (AvgIpc) is 2.35. The van der Waals surface area contributed by atoms with Gasteiger partial charge in [0, 0.05) is 0 Å². The lowest BCUT2D eigenvalue weighted by atomic mass is 10.5. The van der Waals surface area contributed by atoms with Crippen molar-refractivity contribution < 1.29 is 9.84 Å². The van der Waals surface area contributed by atoms with Crippen LogP contribution in [0.3, 0.4) is 0 Å². The molecular weight excluding hydrogens is 263 g/mol. The van der Waals surface area contributed by atoms with E-state index >= 15 is 0 Å². The van der Waals surface area contributed by atoms with Crippen LogP contribution in [0.1, 0.15) is 0 Å². The number of aromatic nitrogens is 2. The summed E-state index contributed by atoms with van der Waals surface area (Å²) in [5.41, 5.74) is 0. The van der Waals surface area contributed by atoms with Crippen molar-refractivity contribution in [2.24, 2.45) is 0 Å². The van der Waals surface area contributed by atoms with E-state index in [1.54, 1.807) is 25.4 Å². The van der Waals surface area contributed by atoms with Gasteiger partial charge >= 0.3 is 0 Å². The molecule has 0 saturated carbocycles. The van der Waals surface area contributed by atoms with Crippen LogP contribution in [0.2, 0.25) is 10.3 Å². The zero-order valence-electron chi connectivity index (χ0n) is 8.97. The van der Waals surface area contributed by atoms with Gasteiger partial charge in [0.25, 0.3) is 0 Å². The van der Waals surface area contributed by atoms with Crippen molar-refractivity contribution >= 4 is 23.2 Å². The molecule has 0 spiro atoms. The summed E-state index contributed by atoms with van der Waals surface area (Å²) < 4.78 is 4.85. The van der Waals surface area contributed by atoms with Crippen LogP contribution in [-0.2, 0) is 0 Å². The monoisotopic (exact) mass is 272 g/mol. The molecule has 0 fully saturated rings. The van der Waals surface area contributed by atoms with Crippen LogP contribution in [0.5, 0.6) is 11.5 Å². The van der Waals surface area contributed by atoms with Gasteiger partial charge in [0.05, 0.1) is 19.5 Å². The van der Waals surface area contributed by atoms with Crippen LogP contribution in [-0.4, -0.2) is 22.2 Å². The highest BCUT2D eigenvalue weighted by atomic mass is 35.5. The highest BCUT2D eigenvalue weighted by molar-refractivity contribution is 6.29. The first-order valence-corrected chi connectivity index (χ1v) is 5.33. The van der Waals surface area contributed by atoms with E-state index in [-0.39, 0.29) is 5.75 Å². The van der Waals surface area contributed by atoms with Crippen molar-refractivity contribution in [1.29, 1.82) is 0 Å². The molecule has 4 nitrogen and oxygen atoms in total. The summed E-state index contributed by atoms with van der Waals surface area (Å²) in [6.07, 6.45) is 2.87. The van der Waals surface area contributed by atoms with E-state index < -0.39 is 0 Å². The van der Waals surface area contributed by atoms with Gasteiger partial charge in [-0.25, -0.2) is 9.97 Å². The Labute approximate surface area is 109 Å². The molecule has 0 atom stereocenters. The first-order valence-electron chi connectivity index (χ1n) is 4.58. The zero-order valence-corrected chi connectivity index (χ0v) is 10.5. The van der Waals surface area contributed by atoms with E-state index in [0.29, 0.717) is 10.3 Å². The minimum atomic E-state index is 0.134. The smallest absolute Gasteiger partial charge is 0.137 e. The third-order valence-electron chi connectivity index (χ3n) is 1.65. The molecule has 0 unspecified atom stereocenters. The van der Waals surface area contributed by atoms with Gasteiger partial charge in [0.15, 0.2) is 0 Å². The number of pyridine rings is 2. The van der Waals surface area contributed by atoms with Gasteiger partial charge in [0.2, 0.25) is 0 Å². The van der Waals surface area contributed by atoms with Crippen LogP contribution in [0, 0.1) is 0 Å². The van der Waals surface area contributed by atoms with E-state index in [1.807, 2.05) is 0 Å². The second-order valence-electron chi connectivity index (χ2n) is 2.86. The van der Waals surface area contributed by atoms with Gasteiger partial charge in [-0.15, -0.1) is 0 Å². The maximum absolute atomic E-state index is 8.64. The standard InChI is InChI=1S/C6H6ClNO.C5H4ClNO/c1-9-5-2-3-6(7)8-4-5;6-5-2-1-4(8)3-7-5/h2-4H,1H3;1-3,8H. The van der Waals surface area contributed by atoms with Gasteiger partial charge in [-0.05, 0) is 24.3 Å². The third kappa shape index (κ3) is 5.38. The van der Waals surface area contributed by atoms with Gasteiger partial charge in [-0.1, -0.05) is 23.2 Å². The Hall–Kier alpha value is -1.52. The predicted octanol–water partition coefficient (Wildman–Crippen LogP) is 3.18. The number of methoxy groups -OCH3 is 1. The van der Waals surface area contributed by atoms with Gasteiger partial charge in [-0.3, -0.25) is 0 Å². The summed E-state index contributed by atoms with van der Waals surface area (Å²) in [5, 5.41) is 9.51. The Morgan fingerprint density at radius 3 is 1.94 bits per heavy atom. The number of rotatable bonds is 1. The van der Waals surface area contributed by atoms with E-state index in [2.05, 4.69) is 9.97 Å². The highest BCUT2D eigenvalue weighted by Crippen LogP contribution is 2.10. The minimum absolute atomic E-state index is 0.134. The summed E-state index contributed by atoms with van der Waals surface area (Å²) >= 11 is 10.9. The first kappa shape index (κ1) is 13.5. The number of nitrogens with zero attached hydrogens (tertiary/aromatic N) is 2. The van der Waals surface area contributed by atoms with Crippen molar-refractivity contribution in [3.8, 4) is 11.5 Å². The number of aromatic hydroxyl groups is 1. The molecule has 17 heavy (non-hydrogen) atoms. The fourth-order valence-corrected chi connectivity index (χ4v) is 1.07. The molecule has 2 aromatic heterocycles. The average molecular weight is 273 g/mol. The molecule has 6 heteroatoms. The summed E-state index contributed by atoms with van der Waals surface area (Å²) in [6.45, 7) is 0. The van der Waals surface area contributed by atoms with Crippen molar-refractivity contribution in [1.82, 2.24) is 9.97 Å². The summed E-state index contributed by atoms with van der Waals surface area (Å²) in [5.74, 6) is 0.855. The Balaban J connectivity index is 0.000000171. The van der Waals surface area contributed by atoms with Crippen LogP contribution in [0.15, 0.2) is 36.7 Å². The molecule has 0 saturated heterocycles. The van der Waals surface area contributed by atoms with Gasteiger partial charge < -0.3 is 9.84 Å². The SMILES string of the molecule is COc1ccc(Cl)nc1.Oc1ccc(Cl)nc1. The lowest BCUT2D eigenvalue weighted by molar-refractivity contribution is 0.413. The second-order valence-corrected chi connectivity index (χ2v) is 3.63. The predicted molar refractivity (Wildman–Crippen MR) is 66.7 cm³/mol. The number of ether oxygens (including phenoxy) is 1. The van der Waals surface area contributed by atoms with Crippen LogP contribution < -0.4 is 4.74 Å². The fraction of sp³-hybridized carbons (Fsp3) is 0.0909. The molecule has 0 radical (unpaired) electrons. The van der Waals surface area contributed by atoms with Crippen LogP contribution in [0.4, 0.5) is 0 Å². The molecular formula is C11H10Cl2N2O2.